The number of nitrogens with two attached hydrogens (primary N) is 1. The number of nitrogens with one attached hydrogen (secondary N) is 1. The number of hydrogen-bond acceptors (Lipinski definition) is 4. The van der Waals surface area contributed by atoms with Crippen molar-refractivity contribution in [1.29, 1.82) is 0 Å². The van der Waals surface area contributed by atoms with Crippen molar-refractivity contribution in [3.8, 4) is 5.75 Å². The molecular formula is C16H27N5O. The van der Waals surface area contributed by atoms with Crippen LogP contribution in [0.2, 0.25) is 0 Å². The molecule has 1 heterocycles. The first-order valence-corrected chi connectivity index (χ1v) is 7.87. The third kappa shape index (κ3) is 5.20. The standard InChI is InChI=1S/C16H27N5O/c1-3-20-10-12-21(13-11-20)9-8-18-16(17)19-14-4-6-15(22-2)7-5-14/h4-7H,3,8-13H2,1-2H3,(H3,17,18,19). The minimum Gasteiger partial charge on any atom is -0.497 e. The molecule has 0 atom stereocenters. The van der Waals surface area contributed by atoms with E-state index < -0.39 is 0 Å². The second-order valence-corrected chi connectivity index (χ2v) is 5.40. The lowest BCUT2D eigenvalue weighted by atomic mass is 10.3. The molecule has 1 aromatic carbocycles. The van der Waals surface area contributed by atoms with E-state index in [2.05, 4.69) is 27.0 Å². The van der Waals surface area contributed by atoms with Crippen LogP contribution in [-0.4, -0.2) is 68.7 Å². The summed E-state index contributed by atoms with van der Waals surface area (Å²) in [5.74, 6) is 1.28. The van der Waals surface area contributed by atoms with Crippen LogP contribution in [0.25, 0.3) is 0 Å². The summed E-state index contributed by atoms with van der Waals surface area (Å²) in [4.78, 5) is 9.30. The minimum atomic E-state index is 0.456. The van der Waals surface area contributed by atoms with Crippen molar-refractivity contribution in [3.63, 3.8) is 0 Å². The first kappa shape index (κ1) is 16.6. The zero-order valence-corrected chi connectivity index (χ0v) is 13.6. The topological polar surface area (TPSA) is 66.1 Å². The van der Waals surface area contributed by atoms with Crippen LogP contribution in [0.5, 0.6) is 5.75 Å². The van der Waals surface area contributed by atoms with Gasteiger partial charge in [-0.25, -0.2) is 0 Å². The highest BCUT2D eigenvalue weighted by Crippen LogP contribution is 2.14. The highest BCUT2D eigenvalue weighted by molar-refractivity contribution is 5.92. The number of ether oxygens (including phenoxy) is 1. The van der Waals surface area contributed by atoms with Gasteiger partial charge in [0.25, 0.3) is 0 Å². The molecule has 0 bridgehead atoms. The van der Waals surface area contributed by atoms with Gasteiger partial charge in [0.15, 0.2) is 5.96 Å². The van der Waals surface area contributed by atoms with Gasteiger partial charge in [0, 0.05) is 38.4 Å². The SMILES string of the molecule is CCN1CCN(CCN=C(N)Nc2ccc(OC)cc2)CC1. The monoisotopic (exact) mass is 305 g/mol. The highest BCUT2D eigenvalue weighted by atomic mass is 16.5. The smallest absolute Gasteiger partial charge is 0.193 e. The molecule has 2 rings (SSSR count). The quantitative estimate of drug-likeness (QED) is 0.608. The number of benzene rings is 1. The lowest BCUT2D eigenvalue weighted by Gasteiger charge is -2.33. The Morgan fingerprint density at radius 1 is 1.18 bits per heavy atom. The molecule has 0 spiro atoms. The van der Waals surface area contributed by atoms with Crippen molar-refractivity contribution in [2.75, 3.05) is 58.2 Å². The van der Waals surface area contributed by atoms with E-state index >= 15 is 0 Å². The predicted molar refractivity (Wildman–Crippen MR) is 91.7 cm³/mol. The lowest BCUT2D eigenvalue weighted by Crippen LogP contribution is -2.46. The van der Waals surface area contributed by atoms with Gasteiger partial charge in [-0.05, 0) is 30.8 Å². The number of aliphatic imine (C=N–C) groups is 1. The molecule has 1 aliphatic heterocycles. The van der Waals surface area contributed by atoms with E-state index in [0.29, 0.717) is 5.96 Å². The maximum absolute atomic E-state index is 5.92. The van der Waals surface area contributed by atoms with Crippen LogP contribution in [0.15, 0.2) is 29.3 Å². The largest absolute Gasteiger partial charge is 0.497 e. The fourth-order valence-electron chi connectivity index (χ4n) is 2.50. The van der Waals surface area contributed by atoms with Crippen molar-refractivity contribution in [2.45, 2.75) is 6.92 Å². The number of likely N-dealkylation sites (N-methyl/N-ethyl adjacent to an activating group) is 1. The van der Waals surface area contributed by atoms with Gasteiger partial charge in [-0.15, -0.1) is 0 Å². The Bertz CT molecular complexity index is 466. The Balaban J connectivity index is 1.71. The normalized spacial score (nSPS) is 17.5. The van der Waals surface area contributed by atoms with Crippen LogP contribution in [0, 0.1) is 0 Å². The van der Waals surface area contributed by atoms with E-state index in [1.54, 1.807) is 7.11 Å². The number of rotatable bonds is 6. The van der Waals surface area contributed by atoms with E-state index in [0.717, 1.165) is 57.3 Å². The summed E-state index contributed by atoms with van der Waals surface area (Å²) >= 11 is 0. The summed E-state index contributed by atoms with van der Waals surface area (Å²) in [5, 5.41) is 3.09. The Morgan fingerprint density at radius 2 is 1.82 bits per heavy atom. The van der Waals surface area contributed by atoms with Crippen LogP contribution in [0.4, 0.5) is 5.69 Å². The zero-order chi connectivity index (χ0) is 15.8. The summed E-state index contributed by atoms with van der Waals surface area (Å²) in [6.45, 7) is 9.59. The maximum atomic E-state index is 5.92. The van der Waals surface area contributed by atoms with Gasteiger partial charge in [-0.3, -0.25) is 9.89 Å². The number of nitrogens with zero attached hydrogens (tertiary/aromatic N) is 3. The van der Waals surface area contributed by atoms with E-state index in [9.17, 15) is 0 Å². The number of hydrogen-bond donors (Lipinski definition) is 2. The molecule has 0 aromatic heterocycles. The van der Waals surface area contributed by atoms with Gasteiger partial charge in [-0.1, -0.05) is 6.92 Å². The van der Waals surface area contributed by atoms with Gasteiger partial charge >= 0.3 is 0 Å². The lowest BCUT2D eigenvalue weighted by molar-refractivity contribution is 0.140. The Kier molecular flexibility index (Phi) is 6.48. The molecule has 0 amide bonds. The molecule has 0 radical (unpaired) electrons. The maximum Gasteiger partial charge on any atom is 0.193 e. The molecule has 1 fully saturated rings. The molecular weight excluding hydrogens is 278 g/mol. The first-order valence-electron chi connectivity index (χ1n) is 7.87. The highest BCUT2D eigenvalue weighted by Gasteiger charge is 2.14. The zero-order valence-electron chi connectivity index (χ0n) is 13.6. The molecule has 0 aliphatic carbocycles. The molecule has 1 saturated heterocycles. The average molecular weight is 305 g/mol. The molecule has 0 unspecified atom stereocenters. The molecule has 22 heavy (non-hydrogen) atoms. The third-order valence-corrected chi connectivity index (χ3v) is 3.97. The molecule has 6 nitrogen and oxygen atoms in total. The summed E-state index contributed by atoms with van der Waals surface area (Å²) < 4.78 is 5.12. The minimum absolute atomic E-state index is 0.456. The Labute approximate surface area is 132 Å². The number of anilines is 1. The molecule has 1 aromatic rings. The second kappa shape index (κ2) is 8.60. The van der Waals surface area contributed by atoms with Crippen molar-refractivity contribution in [2.24, 2.45) is 10.7 Å². The van der Waals surface area contributed by atoms with Crippen molar-refractivity contribution in [3.05, 3.63) is 24.3 Å². The fraction of sp³-hybridized carbons (Fsp3) is 0.562. The van der Waals surface area contributed by atoms with Crippen molar-refractivity contribution in [1.82, 2.24) is 9.80 Å². The number of guanidine groups is 1. The second-order valence-electron chi connectivity index (χ2n) is 5.40. The number of piperazine rings is 1. The number of methoxy groups -OCH3 is 1. The summed E-state index contributed by atoms with van der Waals surface area (Å²) in [7, 11) is 1.65. The van der Waals surface area contributed by atoms with Gasteiger partial charge < -0.3 is 20.7 Å². The van der Waals surface area contributed by atoms with Crippen molar-refractivity contribution >= 4 is 11.6 Å². The van der Waals surface area contributed by atoms with Crippen LogP contribution in [0.3, 0.4) is 0 Å². The van der Waals surface area contributed by atoms with E-state index in [4.69, 9.17) is 10.5 Å². The average Bonchev–Trinajstić information content (AvgIpc) is 2.56. The molecule has 0 saturated carbocycles. The Morgan fingerprint density at radius 3 is 2.41 bits per heavy atom. The van der Waals surface area contributed by atoms with Crippen LogP contribution >= 0.6 is 0 Å². The van der Waals surface area contributed by atoms with Gasteiger partial charge in [0.2, 0.25) is 0 Å². The summed E-state index contributed by atoms with van der Waals surface area (Å²) in [6.07, 6.45) is 0. The third-order valence-electron chi connectivity index (χ3n) is 3.97. The Hall–Kier alpha value is -1.79. The first-order chi connectivity index (χ1) is 10.7. The van der Waals surface area contributed by atoms with Gasteiger partial charge in [0.1, 0.15) is 5.75 Å². The molecule has 1 aliphatic rings. The van der Waals surface area contributed by atoms with Crippen LogP contribution in [0.1, 0.15) is 6.92 Å². The molecule has 122 valence electrons. The van der Waals surface area contributed by atoms with Crippen molar-refractivity contribution < 1.29 is 4.74 Å². The summed E-state index contributed by atoms with van der Waals surface area (Å²) in [6, 6.07) is 7.63. The van der Waals surface area contributed by atoms with E-state index in [1.807, 2.05) is 24.3 Å². The molecule has 3 N–H and O–H groups in total. The summed E-state index contributed by atoms with van der Waals surface area (Å²) in [5.41, 5.74) is 6.83. The van der Waals surface area contributed by atoms with E-state index in [1.165, 1.54) is 0 Å². The van der Waals surface area contributed by atoms with Gasteiger partial charge in [-0.2, -0.15) is 0 Å². The predicted octanol–water partition coefficient (Wildman–Crippen LogP) is 1.06. The fourth-order valence-corrected chi connectivity index (χ4v) is 2.50. The van der Waals surface area contributed by atoms with Crippen LogP contribution < -0.4 is 15.8 Å². The van der Waals surface area contributed by atoms with Gasteiger partial charge in [0.05, 0.1) is 13.7 Å². The molecule has 6 heteroatoms. The van der Waals surface area contributed by atoms with E-state index in [-0.39, 0.29) is 0 Å². The van der Waals surface area contributed by atoms with Crippen LogP contribution in [-0.2, 0) is 0 Å².